The number of hydrogen-bond donors (Lipinski definition) is 2. The first-order chi connectivity index (χ1) is 12.8. The van der Waals surface area contributed by atoms with Crippen molar-refractivity contribution >= 4 is 39.8 Å². The molecule has 1 rings (SSSR count). The molecule has 0 spiro atoms. The zero-order chi connectivity index (χ0) is 21.6. The molecule has 1 aromatic carbocycles. The highest BCUT2D eigenvalue weighted by Gasteiger charge is 2.34. The van der Waals surface area contributed by atoms with E-state index >= 15 is 0 Å². The molecule has 0 atom stereocenters. The fourth-order valence-electron chi connectivity index (χ4n) is 2.26. The van der Waals surface area contributed by atoms with Crippen LogP contribution in [-0.4, -0.2) is 45.1 Å². The average molecular weight is 551 g/mol. The number of aliphatic imine (C=N–C) groups is 1. The quantitative estimate of drug-likeness (QED) is 0.308. The Kier molecular flexibility index (Phi) is 10.8. The molecule has 2 N–H and O–H groups in total. The topological polar surface area (TPSA) is 79.8 Å². The lowest BCUT2D eigenvalue weighted by Gasteiger charge is -2.23. The smallest absolute Gasteiger partial charge is 0.416 e. The summed E-state index contributed by atoms with van der Waals surface area (Å²) in [7, 11) is -1.69. The number of halogens is 4. The van der Waals surface area contributed by atoms with Gasteiger partial charge in [0.2, 0.25) is 0 Å². The predicted octanol–water partition coefficient (Wildman–Crippen LogP) is 3.60. The maximum absolute atomic E-state index is 13.4. The normalized spacial score (nSPS) is 12.9. The number of nitrogens with zero attached hydrogens (tertiary/aromatic N) is 1. The first kappa shape index (κ1) is 27.8. The predicted molar refractivity (Wildman–Crippen MR) is 120 cm³/mol. The minimum Gasteiger partial charge on any atom is -0.488 e. The number of nitrogens with one attached hydrogen (secondary N) is 2. The van der Waals surface area contributed by atoms with Crippen LogP contribution in [0.4, 0.5) is 13.2 Å². The third kappa shape index (κ3) is 10.4. The van der Waals surface area contributed by atoms with Gasteiger partial charge in [-0.15, -0.1) is 24.0 Å². The molecule has 0 radical (unpaired) electrons. The molecular weight excluding hydrogens is 522 g/mol. The van der Waals surface area contributed by atoms with Crippen LogP contribution in [0, 0.1) is 0 Å². The Hall–Kier alpha value is -1.24. The number of sulfone groups is 1. The van der Waals surface area contributed by atoms with Gasteiger partial charge in [0.05, 0.1) is 11.3 Å². The highest BCUT2D eigenvalue weighted by molar-refractivity contribution is 14.0. The molecule has 0 fully saturated rings. The van der Waals surface area contributed by atoms with Crippen molar-refractivity contribution in [3.05, 3.63) is 29.3 Å². The molecule has 11 heteroatoms. The van der Waals surface area contributed by atoms with Gasteiger partial charge in [-0.3, -0.25) is 4.99 Å². The van der Waals surface area contributed by atoms with Crippen molar-refractivity contribution < 1.29 is 26.3 Å². The van der Waals surface area contributed by atoms with E-state index in [4.69, 9.17) is 4.74 Å². The van der Waals surface area contributed by atoms with Crippen molar-refractivity contribution in [3.63, 3.8) is 0 Å². The van der Waals surface area contributed by atoms with Crippen LogP contribution in [0.5, 0.6) is 5.75 Å². The molecule has 0 aliphatic rings. The lowest BCUT2D eigenvalue weighted by Crippen LogP contribution is -2.39. The summed E-state index contributed by atoms with van der Waals surface area (Å²) in [6.07, 6.45) is -4.54. The van der Waals surface area contributed by atoms with Crippen LogP contribution in [0.15, 0.2) is 23.2 Å². The Morgan fingerprint density at radius 2 is 1.79 bits per heavy atom. The van der Waals surface area contributed by atoms with Crippen LogP contribution < -0.4 is 15.4 Å². The highest BCUT2D eigenvalue weighted by atomic mass is 127. The number of alkyl halides is 3. The SMILES string of the molecule is CCS(=O)(=O)CCNC(=NC)NCc1ccc(OC(C)(C)C)cc1C(F)(F)F.I. The van der Waals surface area contributed by atoms with Crippen LogP contribution in [-0.2, 0) is 22.6 Å². The standard InChI is InChI=1S/C18H28F3N3O3S.HI/c1-6-28(25,26)10-9-23-16(22-5)24-12-13-7-8-14(27-17(2,3)4)11-15(13)18(19,20)21;/h7-8,11H,6,9-10,12H2,1-5H3,(H2,22,23,24);1H. The fourth-order valence-corrected chi connectivity index (χ4v) is 2.96. The maximum atomic E-state index is 13.4. The van der Waals surface area contributed by atoms with E-state index < -0.39 is 27.2 Å². The Balaban J connectivity index is 0.00000784. The molecule has 0 saturated heterocycles. The van der Waals surface area contributed by atoms with E-state index in [1.807, 2.05) is 0 Å². The minimum absolute atomic E-state index is 0. The van der Waals surface area contributed by atoms with E-state index in [1.54, 1.807) is 27.7 Å². The number of rotatable bonds is 7. The summed E-state index contributed by atoms with van der Waals surface area (Å²) >= 11 is 0. The summed E-state index contributed by atoms with van der Waals surface area (Å²) in [4.78, 5) is 3.90. The zero-order valence-corrected chi connectivity index (χ0v) is 20.3. The van der Waals surface area contributed by atoms with E-state index in [-0.39, 0.29) is 65.8 Å². The van der Waals surface area contributed by atoms with Crippen LogP contribution in [0.3, 0.4) is 0 Å². The van der Waals surface area contributed by atoms with Crippen molar-refractivity contribution in [2.45, 2.75) is 46.0 Å². The van der Waals surface area contributed by atoms with Gasteiger partial charge in [-0.05, 0) is 38.5 Å². The van der Waals surface area contributed by atoms with Crippen LogP contribution >= 0.6 is 24.0 Å². The molecule has 0 heterocycles. The lowest BCUT2D eigenvalue weighted by atomic mass is 10.1. The molecule has 6 nitrogen and oxygen atoms in total. The number of guanidine groups is 1. The highest BCUT2D eigenvalue weighted by Crippen LogP contribution is 2.35. The zero-order valence-electron chi connectivity index (χ0n) is 17.2. The molecule has 0 aromatic heterocycles. The number of hydrogen-bond acceptors (Lipinski definition) is 4. The van der Waals surface area contributed by atoms with Crippen molar-refractivity contribution in [2.75, 3.05) is 25.1 Å². The van der Waals surface area contributed by atoms with Gasteiger partial charge in [0.25, 0.3) is 0 Å². The third-order valence-electron chi connectivity index (χ3n) is 3.63. The third-order valence-corrected chi connectivity index (χ3v) is 5.33. The number of ether oxygens (including phenoxy) is 1. The van der Waals surface area contributed by atoms with Crippen molar-refractivity contribution in [2.24, 2.45) is 4.99 Å². The molecule has 0 amide bonds. The molecule has 0 unspecified atom stereocenters. The van der Waals surface area contributed by atoms with Gasteiger partial charge in [0.1, 0.15) is 11.4 Å². The van der Waals surface area contributed by atoms with Gasteiger partial charge in [-0.2, -0.15) is 13.2 Å². The second-order valence-corrected chi connectivity index (χ2v) is 9.59. The van der Waals surface area contributed by atoms with Crippen molar-refractivity contribution in [1.82, 2.24) is 10.6 Å². The Morgan fingerprint density at radius 3 is 2.28 bits per heavy atom. The fraction of sp³-hybridized carbons (Fsp3) is 0.611. The van der Waals surface area contributed by atoms with Gasteiger partial charge in [-0.1, -0.05) is 13.0 Å². The second kappa shape index (κ2) is 11.2. The summed E-state index contributed by atoms with van der Waals surface area (Å²) in [5, 5.41) is 5.56. The molecule has 1 aromatic rings. The van der Waals surface area contributed by atoms with Gasteiger partial charge in [-0.25, -0.2) is 8.42 Å². The minimum atomic E-state index is -4.54. The Morgan fingerprint density at radius 1 is 1.17 bits per heavy atom. The van der Waals surface area contributed by atoms with Gasteiger partial charge < -0.3 is 15.4 Å². The number of benzene rings is 1. The van der Waals surface area contributed by atoms with E-state index in [2.05, 4.69) is 15.6 Å². The van der Waals surface area contributed by atoms with Gasteiger partial charge in [0, 0.05) is 25.9 Å². The van der Waals surface area contributed by atoms with E-state index in [9.17, 15) is 21.6 Å². The summed E-state index contributed by atoms with van der Waals surface area (Å²) < 4.78 is 68.8. The largest absolute Gasteiger partial charge is 0.488 e. The summed E-state index contributed by atoms with van der Waals surface area (Å²) in [5.41, 5.74) is -1.39. The molecule has 168 valence electrons. The average Bonchev–Trinajstić information content (AvgIpc) is 2.56. The van der Waals surface area contributed by atoms with Crippen LogP contribution in [0.1, 0.15) is 38.8 Å². The molecule has 0 bridgehead atoms. The van der Waals surface area contributed by atoms with Gasteiger partial charge >= 0.3 is 6.18 Å². The monoisotopic (exact) mass is 551 g/mol. The maximum Gasteiger partial charge on any atom is 0.416 e. The van der Waals surface area contributed by atoms with E-state index in [0.717, 1.165) is 6.07 Å². The summed E-state index contributed by atoms with van der Waals surface area (Å²) in [6, 6.07) is 3.82. The molecule has 0 saturated carbocycles. The molecule has 0 aliphatic carbocycles. The Labute approximate surface area is 187 Å². The summed E-state index contributed by atoms with van der Waals surface area (Å²) in [6.45, 7) is 6.79. The second-order valence-electron chi connectivity index (χ2n) is 7.12. The Bertz CT molecular complexity index is 792. The van der Waals surface area contributed by atoms with Crippen LogP contribution in [0.25, 0.3) is 0 Å². The van der Waals surface area contributed by atoms with Crippen LogP contribution in [0.2, 0.25) is 0 Å². The first-order valence-corrected chi connectivity index (χ1v) is 10.6. The van der Waals surface area contributed by atoms with Crippen molar-refractivity contribution in [3.8, 4) is 5.75 Å². The van der Waals surface area contributed by atoms with E-state index in [1.165, 1.54) is 19.2 Å². The summed E-state index contributed by atoms with van der Waals surface area (Å²) in [5.74, 6) is 0.292. The van der Waals surface area contributed by atoms with Gasteiger partial charge in [0.15, 0.2) is 15.8 Å². The van der Waals surface area contributed by atoms with E-state index in [0.29, 0.717) is 0 Å². The first-order valence-electron chi connectivity index (χ1n) is 8.81. The molecule has 29 heavy (non-hydrogen) atoms. The van der Waals surface area contributed by atoms with Crippen molar-refractivity contribution in [1.29, 1.82) is 0 Å². The molecule has 0 aliphatic heterocycles. The molecular formula is C18H29F3IN3O3S. The lowest BCUT2D eigenvalue weighted by molar-refractivity contribution is -0.138.